The lowest BCUT2D eigenvalue weighted by molar-refractivity contribution is 0.0935. The molecule has 1 fully saturated rings. The molecule has 1 aliphatic carbocycles. The monoisotopic (exact) mass is 235 g/mol. The Morgan fingerprint density at radius 1 is 1.35 bits per heavy atom. The summed E-state index contributed by atoms with van der Waals surface area (Å²) >= 11 is 0. The molecule has 0 atom stereocenters. The van der Waals surface area contributed by atoms with Gasteiger partial charge in [0.2, 0.25) is 0 Å². The van der Waals surface area contributed by atoms with E-state index in [4.69, 9.17) is 0 Å². The summed E-state index contributed by atoms with van der Waals surface area (Å²) in [5.74, 6) is 0.230. The van der Waals surface area contributed by atoms with Gasteiger partial charge in [0.15, 0.2) is 0 Å². The van der Waals surface area contributed by atoms with Gasteiger partial charge in [-0.25, -0.2) is 4.98 Å². The largest absolute Gasteiger partial charge is 0.349 e. The Morgan fingerprint density at radius 3 is 2.59 bits per heavy atom. The molecule has 1 aliphatic rings. The van der Waals surface area contributed by atoms with Gasteiger partial charge < -0.3 is 10.3 Å². The van der Waals surface area contributed by atoms with Crippen LogP contribution in [0.15, 0.2) is 4.79 Å². The summed E-state index contributed by atoms with van der Waals surface area (Å²) in [4.78, 5) is 30.4. The van der Waals surface area contributed by atoms with Crippen molar-refractivity contribution >= 4 is 5.91 Å². The van der Waals surface area contributed by atoms with Crippen molar-refractivity contribution in [2.45, 2.75) is 45.6 Å². The maximum atomic E-state index is 12.0. The number of carbonyl (C=O) groups excluding carboxylic acids is 1. The second kappa shape index (κ2) is 4.69. The smallest absolute Gasteiger partial charge is 0.264 e. The van der Waals surface area contributed by atoms with E-state index in [2.05, 4.69) is 15.3 Å². The van der Waals surface area contributed by atoms with Gasteiger partial charge in [-0.1, -0.05) is 12.8 Å². The zero-order valence-electron chi connectivity index (χ0n) is 10.2. The highest BCUT2D eigenvalue weighted by atomic mass is 16.2. The van der Waals surface area contributed by atoms with E-state index in [9.17, 15) is 9.59 Å². The zero-order chi connectivity index (χ0) is 12.4. The molecule has 1 amide bonds. The number of rotatable bonds is 2. The van der Waals surface area contributed by atoms with Crippen molar-refractivity contribution in [2.75, 3.05) is 0 Å². The Morgan fingerprint density at radius 2 is 2.00 bits per heavy atom. The highest BCUT2D eigenvalue weighted by molar-refractivity contribution is 5.95. The summed E-state index contributed by atoms with van der Waals surface area (Å²) in [7, 11) is 0. The van der Waals surface area contributed by atoms with Gasteiger partial charge in [0.05, 0.1) is 5.69 Å². The van der Waals surface area contributed by atoms with Crippen molar-refractivity contribution in [3.63, 3.8) is 0 Å². The highest BCUT2D eigenvalue weighted by Crippen LogP contribution is 2.17. The maximum Gasteiger partial charge on any atom is 0.264 e. The Balaban J connectivity index is 2.21. The fraction of sp³-hybridized carbons (Fsp3) is 0.583. The normalized spacial score (nSPS) is 16.1. The summed E-state index contributed by atoms with van der Waals surface area (Å²) in [6, 6.07) is 0.211. The van der Waals surface area contributed by atoms with Gasteiger partial charge in [0.1, 0.15) is 11.4 Å². The molecule has 0 spiro atoms. The molecule has 1 saturated carbocycles. The summed E-state index contributed by atoms with van der Waals surface area (Å²) < 4.78 is 0. The lowest BCUT2D eigenvalue weighted by Gasteiger charge is -2.12. The van der Waals surface area contributed by atoms with Crippen LogP contribution in [0.4, 0.5) is 0 Å². The van der Waals surface area contributed by atoms with Crippen LogP contribution in [0.3, 0.4) is 0 Å². The van der Waals surface area contributed by atoms with Crippen molar-refractivity contribution in [3.05, 3.63) is 27.4 Å². The van der Waals surface area contributed by atoms with Gasteiger partial charge in [-0.2, -0.15) is 0 Å². The van der Waals surface area contributed by atoms with Crippen molar-refractivity contribution < 1.29 is 4.79 Å². The van der Waals surface area contributed by atoms with E-state index in [-0.39, 0.29) is 23.1 Å². The van der Waals surface area contributed by atoms with Crippen LogP contribution in [0.5, 0.6) is 0 Å². The van der Waals surface area contributed by atoms with Crippen LogP contribution in [0, 0.1) is 13.8 Å². The van der Waals surface area contributed by atoms with Crippen LogP contribution in [0.25, 0.3) is 0 Å². The summed E-state index contributed by atoms with van der Waals surface area (Å²) in [5, 5.41) is 2.90. The number of aromatic amines is 1. The predicted molar refractivity (Wildman–Crippen MR) is 64.1 cm³/mol. The van der Waals surface area contributed by atoms with Crippen molar-refractivity contribution in [1.82, 2.24) is 15.3 Å². The molecule has 5 heteroatoms. The molecule has 17 heavy (non-hydrogen) atoms. The molecule has 92 valence electrons. The van der Waals surface area contributed by atoms with Crippen LogP contribution in [0.2, 0.25) is 0 Å². The first-order valence-electron chi connectivity index (χ1n) is 5.96. The number of nitrogens with one attached hydrogen (secondary N) is 2. The Hall–Kier alpha value is -1.65. The first-order chi connectivity index (χ1) is 8.08. The minimum Gasteiger partial charge on any atom is -0.349 e. The van der Waals surface area contributed by atoms with Gasteiger partial charge in [-0.15, -0.1) is 0 Å². The molecule has 0 saturated heterocycles. The van der Waals surface area contributed by atoms with E-state index < -0.39 is 0 Å². The van der Waals surface area contributed by atoms with E-state index in [1.807, 2.05) is 0 Å². The molecule has 1 heterocycles. The van der Waals surface area contributed by atoms with E-state index in [0.717, 1.165) is 25.7 Å². The number of amides is 1. The minimum atomic E-state index is -0.356. The van der Waals surface area contributed by atoms with E-state index >= 15 is 0 Å². The predicted octanol–water partition coefficient (Wildman–Crippen LogP) is 1.06. The summed E-state index contributed by atoms with van der Waals surface area (Å²) in [6.07, 6.45) is 4.29. The van der Waals surface area contributed by atoms with Crippen LogP contribution < -0.4 is 10.9 Å². The molecule has 2 N–H and O–H groups in total. The highest BCUT2D eigenvalue weighted by Gasteiger charge is 2.21. The van der Waals surface area contributed by atoms with Gasteiger partial charge in [-0.05, 0) is 26.7 Å². The quantitative estimate of drug-likeness (QED) is 0.804. The number of nitrogens with zero attached hydrogens (tertiary/aromatic N) is 1. The number of hydrogen-bond donors (Lipinski definition) is 2. The number of carbonyl (C=O) groups is 1. The molecule has 0 unspecified atom stereocenters. The molecule has 0 aliphatic heterocycles. The molecular formula is C12H17N3O2. The molecular weight excluding hydrogens is 218 g/mol. The third kappa shape index (κ3) is 2.54. The molecule has 2 rings (SSSR count). The molecule has 1 aromatic heterocycles. The van der Waals surface area contributed by atoms with E-state index in [1.54, 1.807) is 13.8 Å². The van der Waals surface area contributed by atoms with Crippen molar-refractivity contribution in [2.24, 2.45) is 0 Å². The summed E-state index contributed by atoms with van der Waals surface area (Å²) in [5.41, 5.74) is 0.273. The lowest BCUT2D eigenvalue weighted by atomic mass is 10.2. The number of H-pyrrole nitrogens is 1. The minimum absolute atomic E-state index is 0.141. The Kier molecular flexibility index (Phi) is 3.26. The average Bonchev–Trinajstić information content (AvgIpc) is 2.68. The fourth-order valence-corrected chi connectivity index (χ4v) is 2.32. The van der Waals surface area contributed by atoms with Crippen molar-refractivity contribution in [1.29, 1.82) is 0 Å². The van der Waals surface area contributed by atoms with Crippen LogP contribution in [-0.4, -0.2) is 21.9 Å². The fourth-order valence-electron chi connectivity index (χ4n) is 2.32. The number of aryl methyl sites for hydroxylation is 2. The van der Waals surface area contributed by atoms with Crippen LogP contribution in [-0.2, 0) is 0 Å². The molecule has 5 nitrogen and oxygen atoms in total. The second-order valence-corrected chi connectivity index (χ2v) is 4.57. The van der Waals surface area contributed by atoms with E-state index in [1.165, 1.54) is 0 Å². The molecule has 0 aromatic carbocycles. The SMILES string of the molecule is Cc1nc(C)c(C(=O)NC2CCCC2)c(=O)[nH]1. The van der Waals surface area contributed by atoms with Crippen LogP contribution >= 0.6 is 0 Å². The van der Waals surface area contributed by atoms with Crippen molar-refractivity contribution in [3.8, 4) is 0 Å². The van der Waals surface area contributed by atoms with Gasteiger partial charge in [0.25, 0.3) is 11.5 Å². The van der Waals surface area contributed by atoms with E-state index in [0.29, 0.717) is 11.5 Å². The third-order valence-corrected chi connectivity index (χ3v) is 3.14. The van der Waals surface area contributed by atoms with Crippen LogP contribution in [0.1, 0.15) is 47.6 Å². The Labute approximate surface area is 99.7 Å². The average molecular weight is 235 g/mol. The standard InChI is InChI=1S/C12H17N3O2/c1-7-10(11(16)14-8(2)13-7)12(17)15-9-5-3-4-6-9/h9H,3-6H2,1-2H3,(H,15,17)(H,13,14,16). The Bertz CT molecular complexity index is 487. The lowest BCUT2D eigenvalue weighted by Crippen LogP contribution is -2.37. The zero-order valence-corrected chi connectivity index (χ0v) is 10.2. The summed E-state index contributed by atoms with van der Waals surface area (Å²) in [6.45, 7) is 3.39. The van der Waals surface area contributed by atoms with Gasteiger partial charge >= 0.3 is 0 Å². The molecule has 0 bridgehead atoms. The first-order valence-corrected chi connectivity index (χ1v) is 5.96. The van der Waals surface area contributed by atoms with Gasteiger partial charge in [-0.3, -0.25) is 9.59 Å². The van der Waals surface area contributed by atoms with Gasteiger partial charge in [0, 0.05) is 6.04 Å². The topological polar surface area (TPSA) is 74.8 Å². The number of aromatic nitrogens is 2. The molecule has 0 radical (unpaired) electrons. The third-order valence-electron chi connectivity index (χ3n) is 3.14. The second-order valence-electron chi connectivity index (χ2n) is 4.57. The first kappa shape index (κ1) is 11.8. The maximum absolute atomic E-state index is 12.0. The molecule has 1 aromatic rings. The number of hydrogen-bond acceptors (Lipinski definition) is 3.